The third-order valence-electron chi connectivity index (χ3n) is 8.36. The number of fused-ring (bicyclic) bond motifs is 5. The molecule has 8 atom stereocenters. The van der Waals surface area contributed by atoms with E-state index in [1.807, 2.05) is 0 Å². The van der Waals surface area contributed by atoms with Crippen LogP contribution in [-0.4, -0.2) is 28.2 Å². The molecule has 0 radical (unpaired) electrons. The minimum absolute atomic E-state index is 0.167. The molecule has 0 aliphatic heterocycles. The van der Waals surface area contributed by atoms with Crippen LogP contribution in [0.4, 0.5) is 0 Å². The van der Waals surface area contributed by atoms with Gasteiger partial charge in [0.05, 0.1) is 12.2 Å². The first-order valence-corrected chi connectivity index (χ1v) is 9.25. The summed E-state index contributed by atoms with van der Waals surface area (Å²) in [5.74, 6) is 2.13. The van der Waals surface area contributed by atoms with Gasteiger partial charge >= 0.3 is 0 Å². The Morgan fingerprint density at radius 1 is 1.00 bits per heavy atom. The molecule has 3 heteroatoms. The Morgan fingerprint density at radius 2 is 1.77 bits per heavy atom. The Balaban J connectivity index is 1.69. The third kappa shape index (κ3) is 1.84. The maximum atomic E-state index is 12.4. The fourth-order valence-electron chi connectivity index (χ4n) is 6.97. The highest BCUT2D eigenvalue weighted by Gasteiger charge is 2.62. The highest BCUT2D eigenvalue weighted by atomic mass is 16.3. The van der Waals surface area contributed by atoms with Gasteiger partial charge in [-0.2, -0.15) is 0 Å². The van der Waals surface area contributed by atoms with Crippen molar-refractivity contribution >= 4 is 5.78 Å². The number of ketones is 1. The highest BCUT2D eigenvalue weighted by Crippen LogP contribution is 2.65. The molecule has 4 aliphatic rings. The molecule has 4 aliphatic carbocycles. The summed E-state index contributed by atoms with van der Waals surface area (Å²) in [6.45, 7) is 4.57. The molecule has 5 unspecified atom stereocenters. The Labute approximate surface area is 133 Å². The molecule has 0 aromatic carbocycles. The van der Waals surface area contributed by atoms with Gasteiger partial charge in [0.1, 0.15) is 5.78 Å². The summed E-state index contributed by atoms with van der Waals surface area (Å²) < 4.78 is 0. The molecule has 0 aromatic rings. The SMILES string of the molecule is CC12CCC3C(C1CCC2=O)[C@@H](O)C[C@H]1C[C@@H](O)CCC31C. The molecule has 22 heavy (non-hydrogen) atoms. The number of rotatable bonds is 0. The van der Waals surface area contributed by atoms with Crippen LogP contribution in [0.5, 0.6) is 0 Å². The average Bonchev–Trinajstić information content (AvgIpc) is 2.77. The van der Waals surface area contributed by atoms with Crippen LogP contribution >= 0.6 is 0 Å². The van der Waals surface area contributed by atoms with Crippen LogP contribution in [0.3, 0.4) is 0 Å². The first kappa shape index (κ1) is 15.1. The Hall–Kier alpha value is -0.410. The summed E-state index contributed by atoms with van der Waals surface area (Å²) in [7, 11) is 0. The van der Waals surface area contributed by atoms with Gasteiger partial charge in [-0.15, -0.1) is 0 Å². The number of hydrogen-bond donors (Lipinski definition) is 2. The molecule has 0 saturated heterocycles. The van der Waals surface area contributed by atoms with E-state index < -0.39 is 0 Å². The maximum absolute atomic E-state index is 12.4. The molecule has 0 amide bonds. The first-order valence-electron chi connectivity index (χ1n) is 9.25. The molecule has 0 heterocycles. The van der Waals surface area contributed by atoms with Crippen LogP contribution in [-0.2, 0) is 4.79 Å². The smallest absolute Gasteiger partial charge is 0.139 e. The van der Waals surface area contributed by atoms with Gasteiger partial charge in [-0.1, -0.05) is 13.8 Å². The number of hydrogen-bond acceptors (Lipinski definition) is 3. The van der Waals surface area contributed by atoms with Crippen molar-refractivity contribution in [1.82, 2.24) is 0 Å². The van der Waals surface area contributed by atoms with Gasteiger partial charge in [0.15, 0.2) is 0 Å². The minimum Gasteiger partial charge on any atom is -0.393 e. The van der Waals surface area contributed by atoms with E-state index in [9.17, 15) is 15.0 Å². The molecule has 2 N–H and O–H groups in total. The molecular weight excluding hydrogens is 276 g/mol. The summed E-state index contributed by atoms with van der Waals surface area (Å²) in [4.78, 5) is 12.4. The first-order chi connectivity index (χ1) is 10.4. The minimum atomic E-state index is -0.274. The molecule has 124 valence electrons. The lowest BCUT2D eigenvalue weighted by molar-refractivity contribution is -0.171. The van der Waals surface area contributed by atoms with Gasteiger partial charge in [-0.25, -0.2) is 0 Å². The van der Waals surface area contributed by atoms with Gasteiger partial charge in [-0.3, -0.25) is 4.79 Å². The summed E-state index contributed by atoms with van der Waals surface area (Å²) in [5.41, 5.74) is 0.0929. The fraction of sp³-hybridized carbons (Fsp3) is 0.947. The van der Waals surface area contributed by atoms with Gasteiger partial charge in [0, 0.05) is 11.8 Å². The largest absolute Gasteiger partial charge is 0.393 e. The monoisotopic (exact) mass is 306 g/mol. The second-order valence-corrected chi connectivity index (χ2v) is 9.14. The zero-order valence-corrected chi connectivity index (χ0v) is 13.9. The lowest BCUT2D eigenvalue weighted by Gasteiger charge is -2.61. The van der Waals surface area contributed by atoms with Crippen molar-refractivity contribution in [2.75, 3.05) is 0 Å². The van der Waals surface area contributed by atoms with Crippen molar-refractivity contribution in [3.05, 3.63) is 0 Å². The molecule has 4 saturated carbocycles. The fourth-order valence-corrected chi connectivity index (χ4v) is 6.97. The molecule has 0 aromatic heterocycles. The van der Waals surface area contributed by atoms with Crippen molar-refractivity contribution in [3.8, 4) is 0 Å². The quantitative estimate of drug-likeness (QED) is 0.723. The van der Waals surface area contributed by atoms with E-state index in [4.69, 9.17) is 0 Å². The summed E-state index contributed by atoms with van der Waals surface area (Å²) in [6, 6.07) is 0. The lowest BCUT2D eigenvalue weighted by atomic mass is 9.44. The van der Waals surface area contributed by atoms with Crippen LogP contribution in [0, 0.1) is 34.5 Å². The average molecular weight is 306 g/mol. The topological polar surface area (TPSA) is 57.5 Å². The lowest BCUT2D eigenvalue weighted by Crippen LogP contribution is -2.58. The van der Waals surface area contributed by atoms with Crippen molar-refractivity contribution in [2.24, 2.45) is 34.5 Å². The highest BCUT2D eigenvalue weighted by molar-refractivity contribution is 5.87. The van der Waals surface area contributed by atoms with Gasteiger partial charge in [0.2, 0.25) is 0 Å². The second-order valence-electron chi connectivity index (χ2n) is 9.14. The van der Waals surface area contributed by atoms with E-state index >= 15 is 0 Å². The Bertz CT molecular complexity index is 489. The summed E-state index contributed by atoms with van der Waals surface area (Å²) in [6.07, 6.45) is 7.03. The van der Waals surface area contributed by atoms with Crippen LogP contribution in [0.2, 0.25) is 0 Å². The summed E-state index contributed by atoms with van der Waals surface area (Å²) >= 11 is 0. The normalized spacial score (nSPS) is 57.9. The maximum Gasteiger partial charge on any atom is 0.139 e. The molecule has 3 nitrogen and oxygen atoms in total. The molecular formula is C19H30O3. The van der Waals surface area contributed by atoms with E-state index in [1.54, 1.807) is 0 Å². The summed E-state index contributed by atoms with van der Waals surface area (Å²) in [5, 5.41) is 20.9. The van der Waals surface area contributed by atoms with Crippen LogP contribution < -0.4 is 0 Å². The Morgan fingerprint density at radius 3 is 2.55 bits per heavy atom. The number of aliphatic hydroxyl groups excluding tert-OH is 2. The zero-order chi connectivity index (χ0) is 15.7. The molecule has 4 rings (SSSR count). The second kappa shape index (κ2) is 4.80. The number of Topliss-reactive ketones (excluding diaryl/α,β-unsaturated/α-hetero) is 1. The van der Waals surface area contributed by atoms with E-state index in [-0.39, 0.29) is 23.0 Å². The van der Waals surface area contributed by atoms with Gasteiger partial charge < -0.3 is 10.2 Å². The van der Waals surface area contributed by atoms with Crippen molar-refractivity contribution in [2.45, 2.75) is 77.4 Å². The van der Waals surface area contributed by atoms with E-state index in [0.717, 1.165) is 51.4 Å². The van der Waals surface area contributed by atoms with Gasteiger partial charge in [0.25, 0.3) is 0 Å². The predicted molar refractivity (Wildman–Crippen MR) is 84.1 cm³/mol. The number of carbonyl (C=O) groups excluding carboxylic acids is 1. The number of carbonyl (C=O) groups is 1. The van der Waals surface area contributed by atoms with Crippen molar-refractivity contribution < 1.29 is 15.0 Å². The van der Waals surface area contributed by atoms with Crippen LogP contribution in [0.15, 0.2) is 0 Å². The van der Waals surface area contributed by atoms with E-state index in [2.05, 4.69) is 13.8 Å². The molecule has 4 fully saturated rings. The van der Waals surface area contributed by atoms with Gasteiger partial charge in [-0.05, 0) is 74.0 Å². The van der Waals surface area contributed by atoms with Crippen molar-refractivity contribution in [1.29, 1.82) is 0 Å². The molecule has 0 bridgehead atoms. The van der Waals surface area contributed by atoms with Crippen molar-refractivity contribution in [3.63, 3.8) is 0 Å². The van der Waals surface area contributed by atoms with Crippen LogP contribution in [0.25, 0.3) is 0 Å². The zero-order valence-electron chi connectivity index (χ0n) is 13.9. The number of aliphatic hydroxyl groups is 2. The molecule has 0 spiro atoms. The van der Waals surface area contributed by atoms with Crippen LogP contribution in [0.1, 0.15) is 65.2 Å². The Kier molecular flexibility index (Phi) is 3.30. The standard InChI is InChI=1S/C19H30O3/c1-18-7-5-12(20)9-11(18)10-15(21)17-13-3-4-16(22)19(13,2)8-6-14(17)18/h11-15,17,20-21H,3-10H2,1-2H3/t11-,12+,13?,14?,15+,17?,18?,19?/m1/s1. The third-order valence-corrected chi connectivity index (χ3v) is 8.36. The van der Waals surface area contributed by atoms with E-state index in [1.165, 1.54) is 0 Å². The van der Waals surface area contributed by atoms with E-state index in [0.29, 0.717) is 29.5 Å². The predicted octanol–water partition coefficient (Wildman–Crippen LogP) is 2.93.